The lowest BCUT2D eigenvalue weighted by Gasteiger charge is -2.17. The van der Waals surface area contributed by atoms with E-state index < -0.39 is 18.6 Å². The molecule has 122 valence electrons. The van der Waals surface area contributed by atoms with Gasteiger partial charge in [0.2, 0.25) is 0 Å². The summed E-state index contributed by atoms with van der Waals surface area (Å²) in [6.45, 7) is -2.69. The summed E-state index contributed by atoms with van der Waals surface area (Å²) in [6.07, 6.45) is 0.771. The molecule has 1 N–H and O–H groups in total. The average Bonchev–Trinajstić information content (AvgIpc) is 2.58. The monoisotopic (exact) mass is 319 g/mol. The maximum absolute atomic E-state index is 12.6. The van der Waals surface area contributed by atoms with Gasteiger partial charge in [-0.2, -0.15) is 8.78 Å². The predicted octanol–water partition coefficient (Wildman–Crippen LogP) is 3.54. The van der Waals surface area contributed by atoms with E-state index in [2.05, 4.69) is 0 Å². The highest BCUT2D eigenvalue weighted by Crippen LogP contribution is 2.09. The Morgan fingerprint density at radius 3 is 2.09 bits per heavy atom. The highest BCUT2D eigenvalue weighted by atomic mass is 19.3. The van der Waals surface area contributed by atoms with E-state index >= 15 is 0 Å². The molecule has 0 aliphatic rings. The van der Waals surface area contributed by atoms with Crippen molar-refractivity contribution in [3.8, 4) is 0 Å². The fourth-order valence-corrected chi connectivity index (χ4v) is 2.21. The van der Waals surface area contributed by atoms with Crippen LogP contribution in [0.2, 0.25) is 0 Å². The zero-order valence-corrected chi connectivity index (χ0v) is 12.6. The lowest BCUT2D eigenvalue weighted by atomic mass is 10.1. The normalized spacial score (nSPS) is 12.1. The fourth-order valence-electron chi connectivity index (χ4n) is 2.21. The molecule has 0 aliphatic carbocycles. The summed E-state index contributed by atoms with van der Waals surface area (Å²) in [5.41, 5.74) is 1.81. The first-order valence-corrected chi connectivity index (χ1v) is 7.44. The zero-order chi connectivity index (χ0) is 16.5. The molecular formula is C18H19F2NO2. The van der Waals surface area contributed by atoms with Gasteiger partial charge in [-0.05, 0) is 24.0 Å². The fraction of sp³-hybridized carbons (Fsp3) is 0.278. The third-order valence-corrected chi connectivity index (χ3v) is 3.40. The van der Waals surface area contributed by atoms with Crippen molar-refractivity contribution in [1.82, 2.24) is 5.32 Å². The number of carbonyl (C=O) groups excluding carboxylic acids is 1. The number of ether oxygens (including phenoxy) is 1. The van der Waals surface area contributed by atoms with Gasteiger partial charge >= 0.3 is 5.97 Å². The quantitative estimate of drug-likeness (QED) is 0.597. The molecule has 3 nitrogen and oxygen atoms in total. The van der Waals surface area contributed by atoms with Crippen LogP contribution in [0.25, 0.3) is 0 Å². The van der Waals surface area contributed by atoms with Gasteiger partial charge in [0.1, 0.15) is 12.6 Å². The van der Waals surface area contributed by atoms with Crippen molar-refractivity contribution in [3.63, 3.8) is 0 Å². The van der Waals surface area contributed by atoms with E-state index in [1.807, 2.05) is 66.0 Å². The minimum Gasteiger partial charge on any atom is -0.460 e. The summed E-state index contributed by atoms with van der Waals surface area (Å²) in [4.78, 5) is 12.1. The molecule has 5 heteroatoms. The Balaban J connectivity index is 1.89. The highest BCUT2D eigenvalue weighted by Gasteiger charge is 2.23. The average molecular weight is 319 g/mol. The molecule has 0 saturated carbocycles. The number of benzene rings is 2. The van der Waals surface area contributed by atoms with Crippen molar-refractivity contribution in [2.45, 2.75) is 32.0 Å². The van der Waals surface area contributed by atoms with Gasteiger partial charge in [-0.1, -0.05) is 60.7 Å². The molecule has 23 heavy (non-hydrogen) atoms. The summed E-state index contributed by atoms with van der Waals surface area (Å²) in [5, 5.41) is 1.98. The van der Waals surface area contributed by atoms with Gasteiger partial charge in [-0.25, -0.2) is 5.32 Å². The Bertz CT molecular complexity index is 590. The van der Waals surface area contributed by atoms with Crippen LogP contribution in [0.1, 0.15) is 17.5 Å². The number of hydrogen-bond donors (Lipinski definition) is 1. The number of hydrogen-bond acceptors (Lipinski definition) is 3. The van der Waals surface area contributed by atoms with E-state index in [9.17, 15) is 13.6 Å². The van der Waals surface area contributed by atoms with Crippen molar-refractivity contribution in [2.75, 3.05) is 0 Å². The standard InChI is InChI=1S/C18H19F2NO2/c19-18(20)21-16(12-11-14-7-3-1-4-8-14)17(22)23-13-15-9-5-2-6-10-15/h1-10,16,18,21H,11-13H2/t16-/m0/s1. The largest absolute Gasteiger partial charge is 0.460 e. The maximum atomic E-state index is 12.6. The van der Waals surface area contributed by atoms with Gasteiger partial charge in [0, 0.05) is 0 Å². The molecule has 0 spiro atoms. The van der Waals surface area contributed by atoms with E-state index in [1.54, 1.807) is 0 Å². The number of alkyl halides is 2. The van der Waals surface area contributed by atoms with E-state index in [1.165, 1.54) is 0 Å². The lowest BCUT2D eigenvalue weighted by molar-refractivity contribution is -0.149. The molecular weight excluding hydrogens is 300 g/mol. The molecule has 0 bridgehead atoms. The van der Waals surface area contributed by atoms with Crippen LogP contribution in [-0.2, 0) is 22.6 Å². The summed E-state index contributed by atoms with van der Waals surface area (Å²) in [6, 6.07) is 17.5. The Morgan fingerprint density at radius 2 is 1.52 bits per heavy atom. The van der Waals surface area contributed by atoms with Crippen LogP contribution in [0.3, 0.4) is 0 Å². The summed E-state index contributed by atoms with van der Waals surface area (Å²) < 4.78 is 30.4. The second kappa shape index (κ2) is 9.00. The van der Waals surface area contributed by atoms with Gasteiger partial charge in [-0.3, -0.25) is 4.79 Å². The van der Waals surface area contributed by atoms with Crippen molar-refractivity contribution in [3.05, 3.63) is 71.8 Å². The number of halogens is 2. The van der Waals surface area contributed by atoms with Crippen molar-refractivity contribution in [2.24, 2.45) is 0 Å². The Hall–Kier alpha value is -2.27. The molecule has 2 aromatic rings. The molecule has 2 rings (SSSR count). The minimum atomic E-state index is -2.76. The number of carbonyl (C=O) groups is 1. The summed E-state index contributed by atoms with van der Waals surface area (Å²) in [7, 11) is 0. The minimum absolute atomic E-state index is 0.0758. The van der Waals surface area contributed by atoms with E-state index in [0.29, 0.717) is 6.42 Å². The van der Waals surface area contributed by atoms with Crippen LogP contribution in [0.4, 0.5) is 8.78 Å². The molecule has 0 amide bonds. The van der Waals surface area contributed by atoms with E-state index in [0.717, 1.165) is 11.1 Å². The highest BCUT2D eigenvalue weighted by molar-refractivity contribution is 5.75. The molecule has 1 atom stereocenters. The first-order valence-electron chi connectivity index (χ1n) is 7.44. The molecule has 0 fully saturated rings. The number of aryl methyl sites for hydroxylation is 1. The van der Waals surface area contributed by atoms with Crippen molar-refractivity contribution in [1.29, 1.82) is 0 Å². The van der Waals surface area contributed by atoms with Gasteiger partial charge in [0.15, 0.2) is 0 Å². The molecule has 2 aromatic carbocycles. The molecule has 0 heterocycles. The van der Waals surface area contributed by atoms with Crippen LogP contribution >= 0.6 is 0 Å². The topological polar surface area (TPSA) is 38.3 Å². The first-order chi connectivity index (χ1) is 11.1. The van der Waals surface area contributed by atoms with Crippen LogP contribution in [0, 0.1) is 0 Å². The lowest BCUT2D eigenvalue weighted by Crippen LogP contribution is -2.41. The van der Waals surface area contributed by atoms with Gasteiger partial charge < -0.3 is 4.74 Å². The number of esters is 1. The zero-order valence-electron chi connectivity index (χ0n) is 12.6. The summed E-state index contributed by atoms with van der Waals surface area (Å²) in [5.74, 6) is -0.662. The van der Waals surface area contributed by atoms with E-state index in [-0.39, 0.29) is 13.0 Å². The van der Waals surface area contributed by atoms with Crippen LogP contribution in [0.15, 0.2) is 60.7 Å². The van der Waals surface area contributed by atoms with E-state index in [4.69, 9.17) is 4.74 Å². The smallest absolute Gasteiger partial charge is 0.323 e. The Labute approximate surface area is 134 Å². The van der Waals surface area contributed by atoms with Gasteiger partial charge in [0.05, 0.1) is 0 Å². The van der Waals surface area contributed by atoms with Crippen molar-refractivity contribution >= 4 is 5.97 Å². The molecule has 0 unspecified atom stereocenters. The Morgan fingerprint density at radius 1 is 0.957 bits per heavy atom. The molecule has 0 saturated heterocycles. The third-order valence-electron chi connectivity index (χ3n) is 3.40. The third kappa shape index (κ3) is 6.16. The second-order valence-electron chi connectivity index (χ2n) is 5.14. The van der Waals surface area contributed by atoms with Crippen molar-refractivity contribution < 1.29 is 18.3 Å². The Kier molecular flexibility index (Phi) is 6.69. The molecule has 0 radical (unpaired) electrons. The van der Waals surface area contributed by atoms with Gasteiger partial charge in [0.25, 0.3) is 6.55 Å². The number of rotatable bonds is 8. The van der Waals surface area contributed by atoms with Crippen LogP contribution < -0.4 is 5.32 Å². The predicted molar refractivity (Wildman–Crippen MR) is 83.9 cm³/mol. The first kappa shape index (κ1) is 17.1. The second-order valence-corrected chi connectivity index (χ2v) is 5.14. The molecule has 0 aromatic heterocycles. The summed E-state index contributed by atoms with van der Waals surface area (Å²) >= 11 is 0. The van der Waals surface area contributed by atoms with Crippen LogP contribution in [0.5, 0.6) is 0 Å². The SMILES string of the molecule is O=C(OCc1ccccc1)[C@H](CCc1ccccc1)NC(F)F. The van der Waals surface area contributed by atoms with Crippen LogP contribution in [-0.4, -0.2) is 18.6 Å². The number of nitrogens with one attached hydrogen (secondary N) is 1. The molecule has 0 aliphatic heterocycles. The maximum Gasteiger partial charge on any atom is 0.323 e. The van der Waals surface area contributed by atoms with Gasteiger partial charge in [-0.15, -0.1) is 0 Å².